The Kier molecular flexibility index (Phi) is 3.81. The molecule has 3 nitrogen and oxygen atoms in total. The molecule has 0 aliphatic carbocycles. The molecule has 4 rings (SSSR count). The lowest BCUT2D eigenvalue weighted by Gasteiger charge is -2.21. The van der Waals surface area contributed by atoms with Crippen LogP contribution in [0, 0.1) is 5.82 Å². The Bertz CT molecular complexity index is 921. The summed E-state index contributed by atoms with van der Waals surface area (Å²) in [7, 11) is 0. The zero-order valence-electron chi connectivity index (χ0n) is 13.3. The predicted molar refractivity (Wildman–Crippen MR) is 94.4 cm³/mol. The minimum atomic E-state index is -0.219. The first-order valence-corrected chi connectivity index (χ1v) is 8.93. The Hall–Kier alpha value is -2.27. The van der Waals surface area contributed by atoms with Gasteiger partial charge in [-0.25, -0.2) is 9.37 Å². The molecule has 1 saturated heterocycles. The van der Waals surface area contributed by atoms with Crippen LogP contribution in [0.4, 0.5) is 4.39 Å². The molecule has 122 valence electrons. The third kappa shape index (κ3) is 2.49. The summed E-state index contributed by atoms with van der Waals surface area (Å²) in [5, 5.41) is 4.44. The Morgan fingerprint density at radius 3 is 2.83 bits per heavy atom. The number of fused-ring (bicyclic) bond motifs is 1. The maximum Gasteiger partial charge on any atom is 0.220 e. The molecule has 0 saturated carbocycles. The van der Waals surface area contributed by atoms with Crippen LogP contribution in [0.5, 0.6) is 0 Å². The van der Waals surface area contributed by atoms with E-state index in [1.807, 2.05) is 28.5 Å². The van der Waals surface area contributed by atoms with Crippen LogP contribution in [0.3, 0.4) is 0 Å². The Balaban J connectivity index is 1.76. The number of aromatic nitrogens is 1. The van der Waals surface area contributed by atoms with Crippen LogP contribution in [-0.4, -0.2) is 22.3 Å². The van der Waals surface area contributed by atoms with Crippen LogP contribution >= 0.6 is 11.3 Å². The van der Waals surface area contributed by atoms with Crippen molar-refractivity contribution in [3.05, 3.63) is 52.6 Å². The number of likely N-dealkylation sites (tertiary alicyclic amines) is 1. The normalized spacial score (nSPS) is 17.6. The van der Waals surface area contributed by atoms with Crippen molar-refractivity contribution in [1.29, 1.82) is 0 Å². The van der Waals surface area contributed by atoms with E-state index in [4.69, 9.17) is 4.98 Å². The molecule has 2 heterocycles. The van der Waals surface area contributed by atoms with E-state index in [1.54, 1.807) is 30.4 Å². The number of nitrogens with zero attached hydrogens (tertiary/aromatic N) is 2. The third-order valence-electron chi connectivity index (χ3n) is 4.61. The summed E-state index contributed by atoms with van der Waals surface area (Å²) in [6, 6.07) is 10.8. The smallest absolute Gasteiger partial charge is 0.220 e. The number of benzene rings is 2. The van der Waals surface area contributed by atoms with Crippen molar-refractivity contribution >= 4 is 28.0 Å². The first-order valence-electron chi connectivity index (χ1n) is 8.05. The van der Waals surface area contributed by atoms with Crippen LogP contribution in [0.25, 0.3) is 22.0 Å². The fourth-order valence-electron chi connectivity index (χ4n) is 3.45. The van der Waals surface area contributed by atoms with Gasteiger partial charge in [-0.1, -0.05) is 24.3 Å². The minimum absolute atomic E-state index is 0.0768. The number of carbonyl (C=O) groups is 1. The van der Waals surface area contributed by atoms with Gasteiger partial charge in [0.15, 0.2) is 0 Å². The second-order valence-corrected chi connectivity index (χ2v) is 6.97. The average Bonchev–Trinajstić information content (AvgIpc) is 3.24. The highest BCUT2D eigenvalue weighted by Crippen LogP contribution is 2.37. The highest BCUT2D eigenvalue weighted by atomic mass is 32.1. The maximum absolute atomic E-state index is 14.0. The quantitative estimate of drug-likeness (QED) is 0.672. The van der Waals surface area contributed by atoms with Gasteiger partial charge in [-0.3, -0.25) is 4.79 Å². The summed E-state index contributed by atoms with van der Waals surface area (Å²) in [5.41, 5.74) is 1.78. The number of hydrogen-bond acceptors (Lipinski definition) is 3. The van der Waals surface area contributed by atoms with Crippen LogP contribution in [0.2, 0.25) is 0 Å². The minimum Gasteiger partial charge on any atom is -0.333 e. The molecule has 5 heteroatoms. The molecule has 2 aromatic carbocycles. The van der Waals surface area contributed by atoms with Gasteiger partial charge in [-0.15, -0.1) is 11.3 Å². The van der Waals surface area contributed by atoms with Gasteiger partial charge in [0.25, 0.3) is 0 Å². The number of carbonyl (C=O) groups excluding carboxylic acids is 1. The van der Waals surface area contributed by atoms with Crippen molar-refractivity contribution in [3.8, 4) is 11.3 Å². The zero-order chi connectivity index (χ0) is 16.7. The Labute approximate surface area is 143 Å². The zero-order valence-corrected chi connectivity index (χ0v) is 14.1. The van der Waals surface area contributed by atoms with Gasteiger partial charge in [0.05, 0.1) is 11.7 Å². The molecule has 0 N–H and O–H groups in total. The molecule has 1 aromatic heterocycles. The highest BCUT2D eigenvalue weighted by molar-refractivity contribution is 7.10. The van der Waals surface area contributed by atoms with Crippen molar-refractivity contribution in [2.45, 2.75) is 25.8 Å². The Morgan fingerprint density at radius 2 is 2.04 bits per heavy atom. The number of halogens is 1. The van der Waals surface area contributed by atoms with Crippen molar-refractivity contribution < 1.29 is 9.18 Å². The molecule has 1 fully saturated rings. The van der Waals surface area contributed by atoms with E-state index < -0.39 is 0 Å². The van der Waals surface area contributed by atoms with Crippen molar-refractivity contribution in [2.75, 3.05) is 6.54 Å². The summed E-state index contributed by atoms with van der Waals surface area (Å²) in [4.78, 5) is 18.5. The van der Waals surface area contributed by atoms with E-state index in [2.05, 4.69) is 0 Å². The van der Waals surface area contributed by atoms with Crippen LogP contribution < -0.4 is 0 Å². The number of thiazole rings is 1. The molecular weight excluding hydrogens is 323 g/mol. The van der Waals surface area contributed by atoms with Gasteiger partial charge in [0.1, 0.15) is 10.8 Å². The monoisotopic (exact) mass is 340 g/mol. The van der Waals surface area contributed by atoms with Gasteiger partial charge in [0.2, 0.25) is 5.91 Å². The lowest BCUT2D eigenvalue weighted by Crippen LogP contribution is -2.27. The molecule has 1 aliphatic rings. The second kappa shape index (κ2) is 5.98. The number of amides is 1. The van der Waals surface area contributed by atoms with Crippen LogP contribution in [-0.2, 0) is 4.79 Å². The van der Waals surface area contributed by atoms with Crippen LogP contribution in [0.15, 0.2) is 41.8 Å². The van der Waals surface area contributed by atoms with E-state index in [9.17, 15) is 9.18 Å². The summed E-state index contributed by atoms with van der Waals surface area (Å²) in [6.07, 6.45) is 1.97. The average molecular weight is 340 g/mol. The van der Waals surface area contributed by atoms with E-state index in [0.29, 0.717) is 5.39 Å². The van der Waals surface area contributed by atoms with Crippen LogP contribution in [0.1, 0.15) is 30.8 Å². The summed E-state index contributed by atoms with van der Waals surface area (Å²) >= 11 is 1.58. The number of hydrogen-bond donors (Lipinski definition) is 0. The SMILES string of the molecule is CC(=O)N1CCC[C@H]1c1nc(-c2ccc(F)c3ccccc23)cs1. The number of rotatable bonds is 2. The lowest BCUT2D eigenvalue weighted by atomic mass is 10.0. The molecule has 3 aromatic rings. The molecule has 0 bridgehead atoms. The molecule has 0 unspecified atom stereocenters. The van der Waals surface area contributed by atoms with E-state index >= 15 is 0 Å². The van der Waals surface area contributed by atoms with E-state index in [-0.39, 0.29) is 17.8 Å². The molecule has 1 amide bonds. The van der Waals surface area contributed by atoms with E-state index in [1.165, 1.54) is 6.07 Å². The molecule has 0 spiro atoms. The molecule has 1 aliphatic heterocycles. The first kappa shape index (κ1) is 15.3. The molecule has 0 radical (unpaired) electrons. The van der Waals surface area contributed by atoms with Gasteiger partial charge in [0, 0.05) is 29.8 Å². The standard InChI is InChI=1S/C19H17FN2OS/c1-12(23)22-10-4-7-18(22)19-21-17(11-24-19)15-8-9-16(20)14-6-3-2-5-13(14)15/h2-3,5-6,8-9,11,18H,4,7,10H2,1H3/t18-/m0/s1. The van der Waals surface area contributed by atoms with Crippen molar-refractivity contribution in [3.63, 3.8) is 0 Å². The predicted octanol–water partition coefficient (Wildman–Crippen LogP) is 4.79. The van der Waals surface area contributed by atoms with E-state index in [0.717, 1.165) is 41.0 Å². The topological polar surface area (TPSA) is 33.2 Å². The fourth-order valence-corrected chi connectivity index (χ4v) is 4.42. The largest absolute Gasteiger partial charge is 0.333 e. The summed E-state index contributed by atoms with van der Waals surface area (Å²) in [6.45, 7) is 2.41. The third-order valence-corrected chi connectivity index (χ3v) is 5.56. The Morgan fingerprint density at radius 1 is 1.25 bits per heavy atom. The molecule has 24 heavy (non-hydrogen) atoms. The highest BCUT2D eigenvalue weighted by Gasteiger charge is 2.30. The van der Waals surface area contributed by atoms with Gasteiger partial charge < -0.3 is 4.90 Å². The summed E-state index contributed by atoms with van der Waals surface area (Å²) in [5.74, 6) is -0.121. The lowest BCUT2D eigenvalue weighted by molar-refractivity contribution is -0.129. The van der Waals surface area contributed by atoms with Gasteiger partial charge >= 0.3 is 0 Å². The fraction of sp³-hybridized carbons (Fsp3) is 0.263. The van der Waals surface area contributed by atoms with Gasteiger partial charge in [-0.2, -0.15) is 0 Å². The second-order valence-electron chi connectivity index (χ2n) is 6.08. The van der Waals surface area contributed by atoms with Crippen molar-refractivity contribution in [1.82, 2.24) is 9.88 Å². The van der Waals surface area contributed by atoms with Gasteiger partial charge in [-0.05, 0) is 30.4 Å². The molecule has 1 atom stereocenters. The molecular formula is C19H17FN2OS. The van der Waals surface area contributed by atoms with Crippen molar-refractivity contribution in [2.24, 2.45) is 0 Å². The maximum atomic E-state index is 14.0. The summed E-state index contributed by atoms with van der Waals surface area (Å²) < 4.78 is 14.0. The first-order chi connectivity index (χ1) is 11.6.